The summed E-state index contributed by atoms with van der Waals surface area (Å²) >= 11 is 3.03. The van der Waals surface area contributed by atoms with Crippen LogP contribution in [0.3, 0.4) is 0 Å². The van der Waals surface area contributed by atoms with Crippen molar-refractivity contribution in [3.05, 3.63) is 34.1 Å². The minimum absolute atomic E-state index is 0.118. The summed E-state index contributed by atoms with van der Waals surface area (Å²) in [4.78, 5) is 11.1. The highest BCUT2D eigenvalue weighted by molar-refractivity contribution is 9.10. The number of halogens is 2. The van der Waals surface area contributed by atoms with E-state index >= 15 is 0 Å². The molecular weight excluding hydrogens is 291 g/mol. The number of carbonyl (C=O) groups is 1. The lowest BCUT2D eigenvalue weighted by molar-refractivity contribution is -0.143. The van der Waals surface area contributed by atoms with Crippen LogP contribution in [-0.4, -0.2) is 17.7 Å². The summed E-state index contributed by atoms with van der Waals surface area (Å²) in [5.41, 5.74) is 0.454. The summed E-state index contributed by atoms with van der Waals surface area (Å²) in [6.07, 6.45) is -0.519. The lowest BCUT2D eigenvalue weighted by Gasteiger charge is -2.11. The summed E-state index contributed by atoms with van der Waals surface area (Å²) in [6, 6.07) is 4.39. The van der Waals surface area contributed by atoms with Crippen LogP contribution in [0.25, 0.3) is 0 Å². The number of hydrogen-bond donors (Lipinski definition) is 1. The Morgan fingerprint density at radius 1 is 1.59 bits per heavy atom. The number of aliphatic hydroxyl groups excluding tert-OH is 1. The van der Waals surface area contributed by atoms with Crippen molar-refractivity contribution in [3.8, 4) is 0 Å². The molecule has 0 fully saturated rings. The molecule has 1 N–H and O–H groups in total. The van der Waals surface area contributed by atoms with E-state index in [0.717, 1.165) is 0 Å². The van der Waals surface area contributed by atoms with Crippen LogP contribution in [0.2, 0.25) is 0 Å². The lowest BCUT2D eigenvalue weighted by atomic mass is 10.1. The van der Waals surface area contributed by atoms with Gasteiger partial charge in [-0.1, -0.05) is 6.07 Å². The van der Waals surface area contributed by atoms with Crippen LogP contribution in [0.4, 0.5) is 4.39 Å². The van der Waals surface area contributed by atoms with Crippen LogP contribution in [0, 0.1) is 5.82 Å². The van der Waals surface area contributed by atoms with Crippen molar-refractivity contribution in [1.29, 1.82) is 0 Å². The molecule has 0 aromatic heterocycles. The van der Waals surface area contributed by atoms with Gasteiger partial charge >= 0.3 is 5.97 Å². The molecule has 0 bridgehead atoms. The fraction of sp³-hybridized carbons (Fsp3) is 0.417. The number of benzene rings is 1. The first-order chi connectivity index (χ1) is 8.04. The average Bonchev–Trinajstić information content (AvgIpc) is 2.30. The van der Waals surface area contributed by atoms with E-state index in [1.807, 2.05) is 0 Å². The highest BCUT2D eigenvalue weighted by Gasteiger charge is 2.12. The maximum absolute atomic E-state index is 13.2. The second kappa shape index (κ2) is 6.71. The number of ether oxygens (including phenoxy) is 1. The topological polar surface area (TPSA) is 46.5 Å². The molecule has 0 aliphatic carbocycles. The van der Waals surface area contributed by atoms with E-state index in [1.165, 1.54) is 12.1 Å². The molecule has 0 aliphatic rings. The average molecular weight is 305 g/mol. The Labute approximate surface area is 108 Å². The first kappa shape index (κ1) is 14.1. The molecule has 5 heteroatoms. The zero-order valence-electron chi connectivity index (χ0n) is 9.45. The molecule has 1 aromatic carbocycles. The predicted molar refractivity (Wildman–Crippen MR) is 64.9 cm³/mol. The molecule has 1 unspecified atom stereocenters. The molecule has 1 atom stereocenters. The van der Waals surface area contributed by atoms with Crippen molar-refractivity contribution >= 4 is 21.9 Å². The van der Waals surface area contributed by atoms with E-state index in [0.29, 0.717) is 16.6 Å². The monoisotopic (exact) mass is 304 g/mol. The zero-order valence-corrected chi connectivity index (χ0v) is 11.0. The number of carbonyl (C=O) groups excluding carboxylic acids is 1. The Hall–Kier alpha value is -0.940. The first-order valence-electron chi connectivity index (χ1n) is 5.33. The molecule has 0 saturated carbocycles. The van der Waals surface area contributed by atoms with Gasteiger partial charge in [0.1, 0.15) is 5.82 Å². The van der Waals surface area contributed by atoms with Crippen molar-refractivity contribution in [2.45, 2.75) is 25.9 Å². The van der Waals surface area contributed by atoms with Crippen LogP contribution in [0.1, 0.15) is 31.4 Å². The summed E-state index contributed by atoms with van der Waals surface area (Å²) in [5.74, 6) is -0.790. The van der Waals surface area contributed by atoms with E-state index < -0.39 is 11.9 Å². The maximum Gasteiger partial charge on any atom is 0.305 e. The molecule has 94 valence electrons. The van der Waals surface area contributed by atoms with E-state index in [4.69, 9.17) is 4.74 Å². The summed E-state index contributed by atoms with van der Waals surface area (Å²) in [7, 11) is 0. The normalized spacial score (nSPS) is 12.2. The molecule has 0 heterocycles. The number of hydrogen-bond acceptors (Lipinski definition) is 3. The Balaban J connectivity index is 2.54. The minimum Gasteiger partial charge on any atom is -0.466 e. The minimum atomic E-state index is -0.859. The Morgan fingerprint density at radius 3 is 2.88 bits per heavy atom. The quantitative estimate of drug-likeness (QED) is 0.851. The second-order valence-electron chi connectivity index (χ2n) is 3.53. The first-order valence-corrected chi connectivity index (χ1v) is 6.12. The third kappa shape index (κ3) is 4.44. The Morgan fingerprint density at radius 2 is 2.29 bits per heavy atom. The fourth-order valence-electron chi connectivity index (χ4n) is 1.37. The predicted octanol–water partition coefficient (Wildman–Crippen LogP) is 2.96. The van der Waals surface area contributed by atoms with Crippen molar-refractivity contribution in [1.82, 2.24) is 0 Å². The third-order valence-electron chi connectivity index (χ3n) is 2.26. The molecule has 1 aromatic rings. The van der Waals surface area contributed by atoms with Gasteiger partial charge in [-0.2, -0.15) is 0 Å². The van der Waals surface area contributed by atoms with E-state index in [2.05, 4.69) is 15.9 Å². The lowest BCUT2D eigenvalue weighted by Crippen LogP contribution is -2.07. The fourth-order valence-corrected chi connectivity index (χ4v) is 1.62. The number of rotatable bonds is 5. The molecule has 0 radical (unpaired) electrons. The van der Waals surface area contributed by atoms with E-state index in [1.54, 1.807) is 13.0 Å². The van der Waals surface area contributed by atoms with Crippen LogP contribution in [-0.2, 0) is 9.53 Å². The van der Waals surface area contributed by atoms with Gasteiger partial charge in [-0.05, 0) is 47.0 Å². The van der Waals surface area contributed by atoms with Gasteiger partial charge in [-0.15, -0.1) is 0 Å². The van der Waals surface area contributed by atoms with Gasteiger partial charge in [0.25, 0.3) is 0 Å². The molecule has 0 saturated heterocycles. The molecule has 0 amide bonds. The molecule has 0 spiro atoms. The van der Waals surface area contributed by atoms with Crippen LogP contribution < -0.4 is 0 Å². The van der Waals surface area contributed by atoms with Crippen molar-refractivity contribution in [2.75, 3.05) is 6.61 Å². The molecular formula is C12H14BrFO3. The van der Waals surface area contributed by atoms with Gasteiger partial charge in [0.05, 0.1) is 17.2 Å². The number of aliphatic hydroxyl groups is 1. The Kier molecular flexibility index (Phi) is 5.58. The molecule has 1 rings (SSSR count). The largest absolute Gasteiger partial charge is 0.466 e. The van der Waals surface area contributed by atoms with Crippen molar-refractivity contribution in [3.63, 3.8) is 0 Å². The maximum atomic E-state index is 13.2. The summed E-state index contributed by atoms with van der Waals surface area (Å²) in [6.45, 7) is 2.04. The van der Waals surface area contributed by atoms with Crippen molar-refractivity contribution < 1.29 is 19.0 Å². The van der Waals surface area contributed by atoms with Crippen LogP contribution in [0.5, 0.6) is 0 Å². The Bertz CT molecular complexity index is 395. The summed E-state index contributed by atoms with van der Waals surface area (Å²) < 4.78 is 18.3. The van der Waals surface area contributed by atoms with E-state index in [9.17, 15) is 14.3 Å². The van der Waals surface area contributed by atoms with Crippen LogP contribution in [0.15, 0.2) is 22.7 Å². The highest BCUT2D eigenvalue weighted by atomic mass is 79.9. The smallest absolute Gasteiger partial charge is 0.305 e. The zero-order chi connectivity index (χ0) is 12.8. The van der Waals surface area contributed by atoms with Gasteiger partial charge in [-0.3, -0.25) is 4.79 Å². The third-order valence-corrected chi connectivity index (χ3v) is 2.90. The van der Waals surface area contributed by atoms with Gasteiger partial charge in [-0.25, -0.2) is 4.39 Å². The van der Waals surface area contributed by atoms with E-state index in [-0.39, 0.29) is 18.8 Å². The van der Waals surface area contributed by atoms with Gasteiger partial charge in [0.15, 0.2) is 0 Å². The summed E-state index contributed by atoms with van der Waals surface area (Å²) in [5, 5.41) is 9.76. The molecule has 3 nitrogen and oxygen atoms in total. The van der Waals surface area contributed by atoms with Gasteiger partial charge < -0.3 is 9.84 Å². The van der Waals surface area contributed by atoms with Crippen molar-refractivity contribution in [2.24, 2.45) is 0 Å². The highest BCUT2D eigenvalue weighted by Crippen LogP contribution is 2.23. The molecule has 0 aliphatic heterocycles. The molecule has 17 heavy (non-hydrogen) atoms. The van der Waals surface area contributed by atoms with Gasteiger partial charge in [0, 0.05) is 6.42 Å². The standard InChI is InChI=1S/C12H14BrFO3/c1-2-17-12(16)6-5-11(15)8-3-4-9(13)10(14)7-8/h3-4,7,11,15H,2,5-6H2,1H3. The second-order valence-corrected chi connectivity index (χ2v) is 4.39. The van der Waals surface area contributed by atoms with Gasteiger partial charge in [0.2, 0.25) is 0 Å². The number of esters is 1. The van der Waals surface area contributed by atoms with Crippen LogP contribution >= 0.6 is 15.9 Å². The SMILES string of the molecule is CCOC(=O)CCC(O)c1ccc(Br)c(F)c1.